The molecule has 0 aliphatic carbocycles. The fourth-order valence-corrected chi connectivity index (χ4v) is 10.3. The lowest BCUT2D eigenvalue weighted by atomic mass is 9.82. The fraction of sp³-hybridized carbons (Fsp3) is 0.580. The van der Waals surface area contributed by atoms with Crippen LogP contribution in [0, 0.1) is 0 Å². The van der Waals surface area contributed by atoms with Crippen molar-refractivity contribution in [1.29, 1.82) is 0 Å². The monoisotopic (exact) mass is 855 g/mol. The van der Waals surface area contributed by atoms with Gasteiger partial charge in [0.15, 0.2) is 5.78 Å². The number of ether oxygens (including phenoxy) is 5. The summed E-state index contributed by atoms with van der Waals surface area (Å²) in [5.41, 5.74) is 9.63. The molecule has 0 saturated carbocycles. The molecule has 10 nitrogen and oxygen atoms in total. The summed E-state index contributed by atoms with van der Waals surface area (Å²) in [6.45, 7) is 8.40. The molecular formula is C50H64ClN2O8+. The molecule has 3 aromatic carbocycles. The van der Waals surface area contributed by atoms with Crippen LogP contribution in [-0.4, -0.2) is 102 Å². The summed E-state index contributed by atoms with van der Waals surface area (Å²) >= 11 is 5.71. The second-order valence-corrected chi connectivity index (χ2v) is 17.6. The molecule has 0 fully saturated rings. The molecule has 5 aliphatic rings. The molecule has 0 radical (unpaired) electrons. The van der Waals surface area contributed by atoms with E-state index in [1.807, 2.05) is 6.07 Å². The molecule has 0 atom stereocenters. The average Bonchev–Trinajstić information content (AvgIpc) is 3.62. The maximum Gasteiger partial charge on any atom is 0.336 e. The van der Waals surface area contributed by atoms with E-state index in [9.17, 15) is 14.7 Å². The number of benzene rings is 3. The number of nitrogens with zero attached hydrogens (tertiary/aromatic N) is 2. The van der Waals surface area contributed by atoms with Crippen molar-refractivity contribution in [3.63, 3.8) is 0 Å². The lowest BCUT2D eigenvalue weighted by Crippen LogP contribution is -2.41. The number of carboxylic acids is 1. The number of alkyl halides is 1. The molecule has 0 saturated heterocycles. The second-order valence-electron chi connectivity index (χ2n) is 17.2. The second kappa shape index (κ2) is 21.5. The van der Waals surface area contributed by atoms with Crippen LogP contribution in [0.4, 0.5) is 5.69 Å². The summed E-state index contributed by atoms with van der Waals surface area (Å²) in [6.07, 6.45) is 15.7. The summed E-state index contributed by atoms with van der Waals surface area (Å²) in [6, 6.07) is 9.77. The molecule has 5 aliphatic heterocycles. The van der Waals surface area contributed by atoms with E-state index in [1.165, 1.54) is 33.3 Å². The minimum Gasteiger partial charge on any atom is -0.478 e. The quantitative estimate of drug-likeness (QED) is 0.0374. The Kier molecular flexibility index (Phi) is 15.5. The third kappa shape index (κ3) is 10.2. The number of ketones is 1. The number of unbranched alkanes of at least 4 members (excludes halogenated alkanes) is 3. The van der Waals surface area contributed by atoms with E-state index in [1.54, 1.807) is 12.1 Å². The molecule has 328 valence electrons. The Labute approximate surface area is 365 Å². The number of hydrogen-bond donors (Lipinski definition) is 1. The molecule has 1 N–H and O–H groups in total. The molecule has 5 heterocycles. The van der Waals surface area contributed by atoms with Gasteiger partial charge in [0.1, 0.15) is 24.6 Å². The number of carbonyl (C=O) groups is 2. The summed E-state index contributed by atoms with van der Waals surface area (Å²) in [5, 5.41) is 13.0. The van der Waals surface area contributed by atoms with Gasteiger partial charge in [-0.05, 0) is 106 Å². The summed E-state index contributed by atoms with van der Waals surface area (Å²) in [7, 11) is 0. The van der Waals surface area contributed by atoms with Crippen molar-refractivity contribution in [2.75, 3.05) is 89.8 Å². The molecule has 0 unspecified atom stereocenters. The van der Waals surface area contributed by atoms with Crippen LogP contribution >= 0.6 is 11.6 Å². The molecule has 8 rings (SSSR count). The molecule has 0 bridgehead atoms. The third-order valence-corrected chi connectivity index (χ3v) is 13.3. The van der Waals surface area contributed by atoms with Crippen molar-refractivity contribution in [2.45, 2.75) is 103 Å². The van der Waals surface area contributed by atoms with Crippen molar-refractivity contribution in [3.05, 3.63) is 85.4 Å². The normalized spacial score (nSPS) is 16.5. The van der Waals surface area contributed by atoms with Crippen molar-refractivity contribution < 1.29 is 38.4 Å². The summed E-state index contributed by atoms with van der Waals surface area (Å²) in [5.74, 6) is 1.45. The van der Waals surface area contributed by atoms with E-state index < -0.39 is 5.97 Å². The minimum atomic E-state index is -1.00. The van der Waals surface area contributed by atoms with E-state index in [4.69, 9.17) is 35.3 Å². The molecule has 11 heteroatoms. The first kappa shape index (κ1) is 43.8. The van der Waals surface area contributed by atoms with Crippen molar-refractivity contribution in [1.82, 2.24) is 4.58 Å². The van der Waals surface area contributed by atoms with Crippen LogP contribution < -0.4 is 24.8 Å². The van der Waals surface area contributed by atoms with E-state index >= 15 is 0 Å². The van der Waals surface area contributed by atoms with Crippen molar-refractivity contribution in [3.8, 4) is 11.5 Å². The molecule has 0 aromatic heterocycles. The van der Waals surface area contributed by atoms with Crippen LogP contribution in [0.3, 0.4) is 0 Å². The Bertz CT molecular complexity index is 2190. The Balaban J connectivity index is 0.980. The number of halogens is 1. The fourth-order valence-electron chi connectivity index (χ4n) is 10.1. The van der Waals surface area contributed by atoms with Crippen LogP contribution in [0.25, 0.3) is 5.57 Å². The maximum absolute atomic E-state index is 13.9. The molecular weight excluding hydrogens is 792 g/mol. The molecule has 0 amide bonds. The van der Waals surface area contributed by atoms with Crippen LogP contribution in [0.5, 0.6) is 11.5 Å². The van der Waals surface area contributed by atoms with Gasteiger partial charge in [-0.15, -0.1) is 11.6 Å². The number of Topliss-reactive ketones (excluding diaryl/α,β-unsaturated/α-hetero) is 1. The van der Waals surface area contributed by atoms with Gasteiger partial charge in [0.25, 0.3) is 0 Å². The lowest BCUT2D eigenvalue weighted by molar-refractivity contribution is -0.00238. The summed E-state index contributed by atoms with van der Waals surface area (Å²) in [4.78, 5) is 29.6. The van der Waals surface area contributed by atoms with E-state index in [0.717, 1.165) is 156 Å². The number of carbonyl (C=O) groups excluding carboxylic acids is 1. The number of rotatable bonds is 22. The predicted octanol–water partition coefficient (Wildman–Crippen LogP) is 7.43. The van der Waals surface area contributed by atoms with Crippen molar-refractivity contribution >= 4 is 34.6 Å². The minimum absolute atomic E-state index is 0.0288. The standard InChI is InChI=1S/C50H63ClN2O8/c51-19-5-1-2-8-24-57-26-28-59-30-31-60-29-27-58-25-11-16-44(54)35-17-18-38(50(55)56)41(32-35)45-42-33-36-12-3-6-20-52-22-9-14-39(46(36)52)48(42)61-49-40-15-10-23-53-21-7-4-13-37(47(40)53)34-43(45)49/h17-18,32-34H,1-16,19-31H2/p+1. The Morgan fingerprint density at radius 1 is 0.672 bits per heavy atom. The van der Waals surface area contributed by atoms with Gasteiger partial charge in [-0.2, -0.15) is 0 Å². The van der Waals surface area contributed by atoms with Gasteiger partial charge < -0.3 is 33.7 Å². The zero-order valence-electron chi connectivity index (χ0n) is 36.0. The van der Waals surface area contributed by atoms with Gasteiger partial charge in [-0.25, -0.2) is 9.37 Å². The first-order chi connectivity index (χ1) is 30.0. The van der Waals surface area contributed by atoms with Gasteiger partial charge in [0.05, 0.1) is 50.8 Å². The van der Waals surface area contributed by atoms with Gasteiger partial charge in [0.2, 0.25) is 5.36 Å². The SMILES string of the molecule is O=C(CCCOCCOCCOCCOCCCCCCCl)c1ccc(C(=O)O)c(C2=c3cc4c5c(c3Oc3c2cc2c6c3CCCN6CCCC2)CCC[N+]=5CCCC4)c1. The third-order valence-electron chi connectivity index (χ3n) is 13.0. The molecule has 0 spiro atoms. The Morgan fingerprint density at radius 2 is 1.36 bits per heavy atom. The van der Waals surface area contributed by atoms with E-state index in [-0.39, 0.29) is 11.3 Å². The van der Waals surface area contributed by atoms with Gasteiger partial charge in [-0.3, -0.25) is 4.79 Å². The number of fused-ring (bicyclic) bond motifs is 4. The lowest BCUT2D eigenvalue weighted by Gasteiger charge is -2.35. The van der Waals surface area contributed by atoms with Crippen LogP contribution in [0.2, 0.25) is 0 Å². The van der Waals surface area contributed by atoms with E-state index in [0.29, 0.717) is 70.2 Å². The van der Waals surface area contributed by atoms with Gasteiger partial charge in [0, 0.05) is 90.2 Å². The highest BCUT2D eigenvalue weighted by Crippen LogP contribution is 2.48. The van der Waals surface area contributed by atoms with E-state index in [2.05, 4.69) is 21.6 Å². The molecule has 3 aromatic rings. The Hall–Kier alpha value is -3.80. The number of aromatic carboxylic acids is 1. The van der Waals surface area contributed by atoms with Crippen LogP contribution in [0.1, 0.15) is 131 Å². The summed E-state index contributed by atoms with van der Waals surface area (Å²) < 4.78 is 32.5. The Morgan fingerprint density at radius 3 is 2.15 bits per heavy atom. The first-order valence-electron chi connectivity index (χ1n) is 23.2. The smallest absolute Gasteiger partial charge is 0.336 e. The number of hydrogen-bond acceptors (Lipinski definition) is 8. The number of carboxylic acid groups (broad SMARTS) is 1. The number of anilines is 1. The number of aryl methyl sites for hydroxylation is 2. The highest BCUT2D eigenvalue weighted by Gasteiger charge is 2.36. The average molecular weight is 857 g/mol. The van der Waals surface area contributed by atoms with Crippen molar-refractivity contribution in [2.24, 2.45) is 0 Å². The zero-order valence-corrected chi connectivity index (χ0v) is 36.7. The van der Waals surface area contributed by atoms with Crippen LogP contribution in [0.15, 0.2) is 30.3 Å². The largest absolute Gasteiger partial charge is 0.478 e. The zero-order chi connectivity index (χ0) is 42.0. The van der Waals surface area contributed by atoms with Crippen LogP contribution in [-0.2, 0) is 44.6 Å². The highest BCUT2D eigenvalue weighted by molar-refractivity contribution is 6.17. The first-order valence-corrected chi connectivity index (χ1v) is 23.8. The topological polar surface area (TPSA) is 107 Å². The maximum atomic E-state index is 13.9. The predicted molar refractivity (Wildman–Crippen MR) is 239 cm³/mol. The highest BCUT2D eigenvalue weighted by atomic mass is 35.5. The van der Waals surface area contributed by atoms with Gasteiger partial charge >= 0.3 is 5.97 Å². The van der Waals surface area contributed by atoms with Gasteiger partial charge in [-0.1, -0.05) is 18.9 Å². The molecule has 61 heavy (non-hydrogen) atoms.